The molecule has 7 heteroatoms. The molecule has 0 spiro atoms. The Hall–Kier alpha value is -1.24. The fourth-order valence-corrected chi connectivity index (χ4v) is 2.30. The van der Waals surface area contributed by atoms with Crippen molar-refractivity contribution in [3.8, 4) is 5.75 Å². The maximum Gasteiger partial charge on any atom is 0.573 e. The fourth-order valence-electron chi connectivity index (χ4n) is 1.79. The van der Waals surface area contributed by atoms with Gasteiger partial charge in [-0.25, -0.2) is 0 Å². The number of para-hydroxylation sites is 1. The van der Waals surface area contributed by atoms with Crippen LogP contribution in [0.1, 0.15) is 17.2 Å². The van der Waals surface area contributed by atoms with E-state index < -0.39 is 18.2 Å². The van der Waals surface area contributed by atoms with Crippen LogP contribution in [0.4, 0.5) is 13.2 Å². The molecule has 21 heavy (non-hydrogen) atoms. The second-order valence-electron chi connectivity index (χ2n) is 4.16. The number of rotatable bonds is 3. The third-order valence-electron chi connectivity index (χ3n) is 2.70. The number of hydrogen-bond acceptors (Lipinski definition) is 2. The molecule has 0 heterocycles. The van der Waals surface area contributed by atoms with E-state index in [9.17, 15) is 18.3 Å². The zero-order valence-corrected chi connectivity index (χ0v) is 12.7. The summed E-state index contributed by atoms with van der Waals surface area (Å²) in [6.45, 7) is 0. The maximum atomic E-state index is 12.4. The van der Waals surface area contributed by atoms with Gasteiger partial charge in [-0.2, -0.15) is 0 Å². The first-order valence-electron chi connectivity index (χ1n) is 5.75. The van der Waals surface area contributed by atoms with Crippen molar-refractivity contribution in [2.24, 2.45) is 0 Å². The summed E-state index contributed by atoms with van der Waals surface area (Å²) in [5, 5.41) is 10.7. The minimum atomic E-state index is -4.82. The van der Waals surface area contributed by atoms with Gasteiger partial charge in [0.05, 0.1) is 5.02 Å². The molecule has 112 valence electrons. The van der Waals surface area contributed by atoms with Crippen molar-refractivity contribution in [1.29, 1.82) is 0 Å². The monoisotopic (exact) mass is 380 g/mol. The summed E-state index contributed by atoms with van der Waals surface area (Å²) in [7, 11) is 0. The van der Waals surface area contributed by atoms with E-state index in [4.69, 9.17) is 11.6 Å². The predicted octanol–water partition coefficient (Wildman–Crippen LogP) is 5.08. The highest BCUT2D eigenvalue weighted by Gasteiger charge is 2.33. The molecule has 0 amide bonds. The van der Waals surface area contributed by atoms with Crippen molar-refractivity contribution in [2.45, 2.75) is 12.5 Å². The Balaban J connectivity index is 2.38. The number of hydrogen-bond donors (Lipinski definition) is 1. The van der Waals surface area contributed by atoms with Crippen molar-refractivity contribution in [2.75, 3.05) is 0 Å². The van der Waals surface area contributed by atoms with Gasteiger partial charge in [-0.05, 0) is 39.7 Å². The topological polar surface area (TPSA) is 29.5 Å². The van der Waals surface area contributed by atoms with Gasteiger partial charge >= 0.3 is 6.36 Å². The Morgan fingerprint density at radius 2 is 1.81 bits per heavy atom. The van der Waals surface area contributed by atoms with Crippen molar-refractivity contribution in [1.82, 2.24) is 0 Å². The van der Waals surface area contributed by atoms with Gasteiger partial charge in [-0.1, -0.05) is 35.9 Å². The van der Waals surface area contributed by atoms with Gasteiger partial charge in [0.1, 0.15) is 11.9 Å². The number of halogens is 5. The summed E-state index contributed by atoms with van der Waals surface area (Å²) >= 11 is 9.05. The van der Waals surface area contributed by atoms with Gasteiger partial charge in [0.2, 0.25) is 0 Å². The molecule has 2 aromatic rings. The molecule has 1 unspecified atom stereocenters. The first kappa shape index (κ1) is 16.1. The van der Waals surface area contributed by atoms with Gasteiger partial charge in [0.25, 0.3) is 0 Å². The van der Waals surface area contributed by atoms with Crippen molar-refractivity contribution < 1.29 is 23.0 Å². The number of aliphatic hydroxyl groups excluding tert-OH is 1. The van der Waals surface area contributed by atoms with E-state index in [2.05, 4.69) is 20.7 Å². The lowest BCUT2D eigenvalue weighted by atomic mass is 10.0. The molecule has 0 aliphatic carbocycles. The third kappa shape index (κ3) is 4.12. The molecule has 0 aliphatic rings. The van der Waals surface area contributed by atoms with Crippen LogP contribution in [0.15, 0.2) is 46.9 Å². The van der Waals surface area contributed by atoms with E-state index in [-0.39, 0.29) is 5.56 Å². The van der Waals surface area contributed by atoms with E-state index in [1.54, 1.807) is 0 Å². The summed E-state index contributed by atoms with van der Waals surface area (Å²) in [6.07, 6.45) is -6.09. The van der Waals surface area contributed by atoms with Crippen molar-refractivity contribution in [3.63, 3.8) is 0 Å². The van der Waals surface area contributed by atoms with E-state index in [0.717, 1.165) is 6.07 Å². The normalized spacial score (nSPS) is 13.0. The summed E-state index contributed by atoms with van der Waals surface area (Å²) in [6, 6.07) is 10.0. The highest BCUT2D eigenvalue weighted by atomic mass is 79.9. The Bertz CT molecular complexity index is 646. The lowest BCUT2D eigenvalue weighted by molar-refractivity contribution is -0.275. The predicted molar refractivity (Wildman–Crippen MR) is 76.3 cm³/mol. The molecular weight excluding hydrogens is 373 g/mol. The highest BCUT2D eigenvalue weighted by molar-refractivity contribution is 9.10. The minimum Gasteiger partial charge on any atom is -0.405 e. The smallest absolute Gasteiger partial charge is 0.405 e. The standard InChI is InChI=1S/C14H9BrClF3O2/c15-10-7-8(5-6-11(10)16)13(20)9-3-1-2-4-12(9)21-14(17,18)19/h1-7,13,20H. The molecule has 0 aromatic heterocycles. The summed E-state index contributed by atoms with van der Waals surface area (Å²) in [5.41, 5.74) is 0.411. The average Bonchev–Trinajstić information content (AvgIpc) is 2.40. The van der Waals surface area contributed by atoms with Crippen LogP contribution in [0.3, 0.4) is 0 Å². The van der Waals surface area contributed by atoms with Crippen LogP contribution in [-0.2, 0) is 0 Å². The Labute approximate surface area is 132 Å². The molecule has 2 aromatic carbocycles. The number of ether oxygens (including phenoxy) is 1. The second kappa shape index (κ2) is 6.25. The molecule has 0 radical (unpaired) electrons. The molecular formula is C14H9BrClF3O2. The average molecular weight is 382 g/mol. The van der Waals surface area contributed by atoms with E-state index in [1.165, 1.54) is 36.4 Å². The quantitative estimate of drug-likeness (QED) is 0.803. The molecule has 1 atom stereocenters. The molecule has 0 bridgehead atoms. The van der Waals surface area contributed by atoms with Crippen LogP contribution < -0.4 is 4.74 Å². The summed E-state index contributed by atoms with van der Waals surface area (Å²) in [4.78, 5) is 0. The third-order valence-corrected chi connectivity index (χ3v) is 3.91. The minimum absolute atomic E-state index is 0.0176. The largest absolute Gasteiger partial charge is 0.573 e. The van der Waals surface area contributed by atoms with E-state index in [1.807, 2.05) is 0 Å². The zero-order valence-electron chi connectivity index (χ0n) is 10.4. The Kier molecular flexibility index (Phi) is 4.81. The van der Waals surface area contributed by atoms with Crippen LogP contribution in [0.25, 0.3) is 0 Å². The van der Waals surface area contributed by atoms with Crippen LogP contribution in [-0.4, -0.2) is 11.5 Å². The van der Waals surface area contributed by atoms with Crippen LogP contribution in [0, 0.1) is 0 Å². The molecule has 0 saturated carbocycles. The van der Waals surface area contributed by atoms with Crippen LogP contribution >= 0.6 is 27.5 Å². The van der Waals surface area contributed by atoms with Gasteiger partial charge in [0, 0.05) is 10.0 Å². The molecule has 0 aliphatic heterocycles. The van der Waals surface area contributed by atoms with E-state index in [0.29, 0.717) is 15.1 Å². The molecule has 0 saturated heterocycles. The van der Waals surface area contributed by atoms with Crippen LogP contribution in [0.5, 0.6) is 5.75 Å². The molecule has 2 rings (SSSR count). The van der Waals surface area contributed by atoms with Gasteiger partial charge in [0.15, 0.2) is 0 Å². The Morgan fingerprint density at radius 1 is 1.14 bits per heavy atom. The first-order valence-corrected chi connectivity index (χ1v) is 6.93. The van der Waals surface area contributed by atoms with Gasteiger partial charge in [-0.15, -0.1) is 13.2 Å². The summed E-state index contributed by atoms with van der Waals surface area (Å²) in [5.74, 6) is -0.441. The maximum absolute atomic E-state index is 12.4. The van der Waals surface area contributed by atoms with Gasteiger partial charge in [-0.3, -0.25) is 0 Å². The fraction of sp³-hybridized carbons (Fsp3) is 0.143. The summed E-state index contributed by atoms with van der Waals surface area (Å²) < 4.78 is 41.6. The Morgan fingerprint density at radius 3 is 2.43 bits per heavy atom. The number of aliphatic hydroxyl groups is 1. The van der Waals surface area contributed by atoms with E-state index >= 15 is 0 Å². The highest BCUT2D eigenvalue weighted by Crippen LogP contribution is 2.35. The zero-order chi connectivity index (χ0) is 15.6. The van der Waals surface area contributed by atoms with Crippen LogP contribution in [0.2, 0.25) is 5.02 Å². The SMILES string of the molecule is OC(c1ccc(Cl)c(Br)c1)c1ccccc1OC(F)(F)F. The van der Waals surface area contributed by atoms with Crippen molar-refractivity contribution in [3.05, 3.63) is 63.1 Å². The first-order chi connectivity index (χ1) is 9.78. The van der Waals surface area contributed by atoms with Gasteiger partial charge < -0.3 is 9.84 Å². The lowest BCUT2D eigenvalue weighted by Gasteiger charge is -2.17. The molecule has 0 fully saturated rings. The second-order valence-corrected chi connectivity index (χ2v) is 5.42. The lowest BCUT2D eigenvalue weighted by Crippen LogP contribution is -2.18. The molecule has 1 N–H and O–H groups in total. The number of alkyl halides is 3. The molecule has 2 nitrogen and oxygen atoms in total. The van der Waals surface area contributed by atoms with Crippen molar-refractivity contribution >= 4 is 27.5 Å². The number of benzene rings is 2.